The van der Waals surface area contributed by atoms with Crippen molar-refractivity contribution in [2.24, 2.45) is 5.92 Å². The maximum absolute atomic E-state index is 12.4. The Hall–Kier alpha value is -2.36. The normalized spacial score (nSPS) is 19.8. The molecule has 0 unspecified atom stereocenters. The van der Waals surface area contributed by atoms with Gasteiger partial charge in [0.2, 0.25) is 0 Å². The van der Waals surface area contributed by atoms with Gasteiger partial charge in [-0.05, 0) is 61.8 Å². The van der Waals surface area contributed by atoms with Gasteiger partial charge in [-0.2, -0.15) is 0 Å². The van der Waals surface area contributed by atoms with Crippen molar-refractivity contribution < 1.29 is 9.53 Å². The van der Waals surface area contributed by atoms with Crippen LogP contribution in [-0.2, 0) is 12.8 Å². The Morgan fingerprint density at radius 2 is 2.00 bits per heavy atom. The molecule has 0 radical (unpaired) electrons. The van der Waals surface area contributed by atoms with Gasteiger partial charge in [-0.3, -0.25) is 9.78 Å². The van der Waals surface area contributed by atoms with Crippen LogP contribution in [0.2, 0.25) is 0 Å². The minimum Gasteiger partial charge on any atom is -0.493 e. The van der Waals surface area contributed by atoms with E-state index in [4.69, 9.17) is 4.74 Å². The number of amides is 1. The number of carbonyl (C=O) groups excluding carboxylic acids is 1. The highest BCUT2D eigenvalue weighted by Crippen LogP contribution is 2.28. The molecule has 1 fully saturated rings. The van der Waals surface area contributed by atoms with Gasteiger partial charge >= 0.3 is 0 Å². The third-order valence-corrected chi connectivity index (χ3v) is 5.23. The van der Waals surface area contributed by atoms with E-state index in [0.717, 1.165) is 63.2 Å². The first-order chi connectivity index (χ1) is 12.3. The van der Waals surface area contributed by atoms with Gasteiger partial charge in [0.05, 0.1) is 12.2 Å². The molecule has 1 aromatic heterocycles. The Labute approximate surface area is 148 Å². The van der Waals surface area contributed by atoms with Gasteiger partial charge in [-0.25, -0.2) is 0 Å². The highest BCUT2D eigenvalue weighted by atomic mass is 16.5. The number of fused-ring (bicyclic) bond motifs is 1. The van der Waals surface area contributed by atoms with Gasteiger partial charge in [0, 0.05) is 25.0 Å². The standard InChI is InChI=1S/C21H24N2O2/c24-21(23-10-3-4-11-23)18-7-8-19(22-15-18)14-16-9-12-25-20-6-2-1-5-17(20)13-16/h1-2,5-8,15-16H,3-4,9-14H2/t16-/m1/s1. The van der Waals surface area contributed by atoms with Crippen molar-refractivity contribution in [3.8, 4) is 5.75 Å². The minimum absolute atomic E-state index is 0.119. The van der Waals surface area contributed by atoms with Gasteiger partial charge in [0.1, 0.15) is 5.75 Å². The summed E-state index contributed by atoms with van der Waals surface area (Å²) in [5.41, 5.74) is 3.05. The van der Waals surface area contributed by atoms with E-state index in [1.165, 1.54) is 5.56 Å². The van der Waals surface area contributed by atoms with Crippen LogP contribution in [0.15, 0.2) is 42.6 Å². The Kier molecular flexibility index (Phi) is 4.68. The smallest absolute Gasteiger partial charge is 0.255 e. The van der Waals surface area contributed by atoms with Crippen LogP contribution >= 0.6 is 0 Å². The summed E-state index contributed by atoms with van der Waals surface area (Å²) in [7, 11) is 0. The molecule has 130 valence electrons. The first-order valence-electron chi connectivity index (χ1n) is 9.24. The Morgan fingerprint density at radius 1 is 1.16 bits per heavy atom. The lowest BCUT2D eigenvalue weighted by atomic mass is 9.92. The molecular formula is C21H24N2O2. The molecule has 0 spiro atoms. The van der Waals surface area contributed by atoms with E-state index in [1.807, 2.05) is 23.1 Å². The summed E-state index contributed by atoms with van der Waals surface area (Å²) in [6.45, 7) is 2.51. The first kappa shape index (κ1) is 16.1. The van der Waals surface area contributed by atoms with E-state index in [0.29, 0.717) is 11.5 Å². The van der Waals surface area contributed by atoms with Gasteiger partial charge in [-0.15, -0.1) is 0 Å². The molecular weight excluding hydrogens is 312 g/mol. The molecule has 0 saturated carbocycles. The number of para-hydroxylation sites is 1. The van der Waals surface area contributed by atoms with E-state index in [1.54, 1.807) is 6.20 Å². The molecule has 25 heavy (non-hydrogen) atoms. The first-order valence-corrected chi connectivity index (χ1v) is 9.24. The van der Waals surface area contributed by atoms with Crippen molar-refractivity contribution in [3.63, 3.8) is 0 Å². The number of aromatic nitrogens is 1. The van der Waals surface area contributed by atoms with Crippen LogP contribution in [-0.4, -0.2) is 35.5 Å². The van der Waals surface area contributed by atoms with Gasteiger partial charge in [-0.1, -0.05) is 18.2 Å². The number of benzene rings is 1. The van der Waals surface area contributed by atoms with Crippen LogP contribution < -0.4 is 4.74 Å². The zero-order valence-electron chi connectivity index (χ0n) is 14.5. The van der Waals surface area contributed by atoms with Crippen molar-refractivity contribution in [1.82, 2.24) is 9.88 Å². The van der Waals surface area contributed by atoms with E-state index in [9.17, 15) is 4.79 Å². The Bertz CT molecular complexity index is 736. The number of rotatable bonds is 3. The molecule has 0 aliphatic carbocycles. The molecule has 4 rings (SSSR count). The number of hydrogen-bond acceptors (Lipinski definition) is 3. The van der Waals surface area contributed by atoms with Crippen LogP contribution in [0.25, 0.3) is 0 Å². The highest BCUT2D eigenvalue weighted by Gasteiger charge is 2.21. The van der Waals surface area contributed by atoms with Gasteiger partial charge in [0.15, 0.2) is 0 Å². The molecule has 1 saturated heterocycles. The zero-order chi connectivity index (χ0) is 17.1. The average Bonchev–Trinajstić information content (AvgIpc) is 3.10. The summed E-state index contributed by atoms with van der Waals surface area (Å²) in [5.74, 6) is 1.66. The number of hydrogen-bond donors (Lipinski definition) is 0. The van der Waals surface area contributed by atoms with E-state index in [-0.39, 0.29) is 5.91 Å². The average molecular weight is 336 g/mol. The van der Waals surface area contributed by atoms with Crippen LogP contribution in [0.3, 0.4) is 0 Å². The monoisotopic (exact) mass is 336 g/mol. The summed E-state index contributed by atoms with van der Waals surface area (Å²) in [4.78, 5) is 18.9. The summed E-state index contributed by atoms with van der Waals surface area (Å²) >= 11 is 0. The fourth-order valence-electron chi connectivity index (χ4n) is 3.81. The second-order valence-corrected chi connectivity index (χ2v) is 7.06. The molecule has 2 aromatic rings. The third-order valence-electron chi connectivity index (χ3n) is 5.23. The molecule has 3 heterocycles. The van der Waals surface area contributed by atoms with Crippen LogP contribution in [0.5, 0.6) is 5.75 Å². The molecule has 0 N–H and O–H groups in total. The number of carbonyl (C=O) groups is 1. The second-order valence-electron chi connectivity index (χ2n) is 7.06. The van der Waals surface area contributed by atoms with Gasteiger partial charge in [0.25, 0.3) is 5.91 Å². The number of pyridine rings is 1. The highest BCUT2D eigenvalue weighted by molar-refractivity contribution is 5.94. The third kappa shape index (κ3) is 3.68. The largest absolute Gasteiger partial charge is 0.493 e. The Morgan fingerprint density at radius 3 is 2.80 bits per heavy atom. The van der Waals surface area contributed by atoms with Crippen molar-refractivity contribution in [2.45, 2.75) is 32.1 Å². The molecule has 0 bridgehead atoms. The van der Waals surface area contributed by atoms with Gasteiger partial charge < -0.3 is 9.64 Å². The topological polar surface area (TPSA) is 42.4 Å². The van der Waals surface area contributed by atoms with Crippen molar-refractivity contribution in [2.75, 3.05) is 19.7 Å². The zero-order valence-corrected chi connectivity index (χ0v) is 14.5. The molecule has 2 aliphatic rings. The van der Waals surface area contributed by atoms with E-state index < -0.39 is 0 Å². The van der Waals surface area contributed by atoms with Crippen molar-refractivity contribution >= 4 is 5.91 Å². The molecule has 1 atom stereocenters. The van der Waals surface area contributed by atoms with Crippen LogP contribution in [0.1, 0.15) is 40.9 Å². The number of ether oxygens (including phenoxy) is 1. The molecule has 2 aliphatic heterocycles. The van der Waals surface area contributed by atoms with E-state index >= 15 is 0 Å². The SMILES string of the molecule is O=C(c1ccc(C[C@@H]2CCOc3ccccc3C2)nc1)N1CCCC1. The van der Waals surface area contributed by atoms with Crippen molar-refractivity contribution in [1.29, 1.82) is 0 Å². The van der Waals surface area contributed by atoms with E-state index in [2.05, 4.69) is 23.2 Å². The molecule has 4 nitrogen and oxygen atoms in total. The molecule has 4 heteroatoms. The fourth-order valence-corrected chi connectivity index (χ4v) is 3.81. The maximum Gasteiger partial charge on any atom is 0.255 e. The van der Waals surface area contributed by atoms with Crippen molar-refractivity contribution in [3.05, 3.63) is 59.4 Å². The lowest BCUT2D eigenvalue weighted by molar-refractivity contribution is 0.0792. The minimum atomic E-state index is 0.119. The Balaban J connectivity index is 1.42. The van der Waals surface area contributed by atoms with Crippen LogP contribution in [0.4, 0.5) is 0 Å². The quantitative estimate of drug-likeness (QED) is 0.861. The molecule has 1 aromatic carbocycles. The fraction of sp³-hybridized carbons (Fsp3) is 0.429. The lowest BCUT2D eigenvalue weighted by Crippen LogP contribution is -2.27. The summed E-state index contributed by atoms with van der Waals surface area (Å²) < 4.78 is 5.85. The predicted octanol–water partition coefficient (Wildman–Crippen LogP) is 3.50. The van der Waals surface area contributed by atoms with Crippen LogP contribution in [0, 0.1) is 5.92 Å². The lowest BCUT2D eigenvalue weighted by Gasteiger charge is -2.16. The summed E-state index contributed by atoms with van der Waals surface area (Å²) in [6.07, 6.45) is 6.95. The number of likely N-dealkylation sites (tertiary alicyclic amines) is 1. The summed E-state index contributed by atoms with van der Waals surface area (Å²) in [6, 6.07) is 12.2. The summed E-state index contributed by atoms with van der Waals surface area (Å²) in [5, 5.41) is 0. The second kappa shape index (κ2) is 7.26. The maximum atomic E-state index is 12.4. The molecule has 1 amide bonds. The predicted molar refractivity (Wildman–Crippen MR) is 96.8 cm³/mol. The number of nitrogens with zero attached hydrogens (tertiary/aromatic N) is 2.